The van der Waals surface area contributed by atoms with Gasteiger partial charge in [-0.05, 0) is 31.0 Å². The molecule has 0 fully saturated rings. The second kappa shape index (κ2) is 9.13. The molecule has 10 nitrogen and oxygen atoms in total. The second-order valence-corrected chi connectivity index (χ2v) is 7.22. The summed E-state index contributed by atoms with van der Waals surface area (Å²) in [6.07, 6.45) is 1.49. The highest BCUT2D eigenvalue weighted by atomic mass is 31.2. The summed E-state index contributed by atoms with van der Waals surface area (Å²) < 4.78 is 15.3. The van der Waals surface area contributed by atoms with Gasteiger partial charge in [-0.2, -0.15) is 0 Å². The van der Waals surface area contributed by atoms with Crippen molar-refractivity contribution in [2.75, 3.05) is 0 Å². The highest BCUT2D eigenvalue weighted by molar-refractivity contribution is 7.46. The van der Waals surface area contributed by atoms with Crippen LogP contribution in [0.1, 0.15) is 22.4 Å². The molecule has 1 heterocycles. The fraction of sp³-hybridized carbons (Fsp3) is 0.294. The number of phosphoric ester groups is 1. The smallest absolute Gasteiger partial charge is 0.506 e. The minimum atomic E-state index is -4.66. The summed E-state index contributed by atoms with van der Waals surface area (Å²) in [4.78, 5) is 33.1. The van der Waals surface area contributed by atoms with Gasteiger partial charge in [0, 0.05) is 23.9 Å². The van der Waals surface area contributed by atoms with E-state index in [-0.39, 0.29) is 31.1 Å². The Kier molecular flexibility index (Phi) is 7.11. The number of nitrogens with zero attached hydrogens (tertiary/aromatic N) is 1. The Morgan fingerprint density at radius 1 is 1.29 bits per heavy atom. The number of hydrogen-bond donors (Lipinski definition) is 6. The molecule has 152 valence electrons. The van der Waals surface area contributed by atoms with E-state index in [0.29, 0.717) is 22.4 Å². The van der Waals surface area contributed by atoms with Crippen LogP contribution in [0.4, 0.5) is 0 Å². The van der Waals surface area contributed by atoms with E-state index < -0.39 is 19.8 Å². The number of aryl methyl sites for hydroxylation is 1. The maximum absolute atomic E-state index is 11.6. The highest BCUT2D eigenvalue weighted by Gasteiger charge is 2.20. The Morgan fingerprint density at radius 2 is 1.93 bits per heavy atom. The van der Waals surface area contributed by atoms with Crippen LogP contribution < -0.4 is 9.84 Å². The zero-order valence-corrected chi connectivity index (χ0v) is 15.8. The predicted molar refractivity (Wildman–Crippen MR) is 97.6 cm³/mol. The molecular formula is C17H21N2O8P. The summed E-state index contributed by atoms with van der Waals surface area (Å²) in [5.74, 6) is -1.27. The van der Waals surface area contributed by atoms with Crippen molar-refractivity contribution in [1.29, 1.82) is 0 Å². The number of nitrogens with one attached hydrogen (secondary N) is 1. The lowest BCUT2D eigenvalue weighted by atomic mass is 10.0. The lowest BCUT2D eigenvalue weighted by Crippen LogP contribution is -2.38. The zero-order chi connectivity index (χ0) is 20.9. The fourth-order valence-electron chi connectivity index (χ4n) is 2.55. The van der Waals surface area contributed by atoms with Crippen LogP contribution in [-0.4, -0.2) is 42.1 Å². The Labute approximate surface area is 160 Å². The molecule has 1 aromatic heterocycles. The third kappa shape index (κ3) is 6.01. The molecular weight excluding hydrogens is 391 g/mol. The van der Waals surface area contributed by atoms with E-state index >= 15 is 0 Å². The van der Waals surface area contributed by atoms with Crippen molar-refractivity contribution in [1.82, 2.24) is 10.3 Å². The Morgan fingerprint density at radius 3 is 2.46 bits per heavy atom. The average molecular weight is 412 g/mol. The van der Waals surface area contributed by atoms with Crippen molar-refractivity contribution < 1.29 is 39.0 Å². The molecule has 1 atom stereocenters. The molecule has 11 heteroatoms. The molecule has 0 aliphatic rings. The van der Waals surface area contributed by atoms with Gasteiger partial charge in [-0.3, -0.25) is 24.9 Å². The maximum atomic E-state index is 11.6. The van der Waals surface area contributed by atoms with Crippen LogP contribution in [0, 0.1) is 6.92 Å². The maximum Gasteiger partial charge on any atom is 0.524 e. The van der Waals surface area contributed by atoms with Gasteiger partial charge in [0.05, 0.1) is 12.3 Å². The van der Waals surface area contributed by atoms with Gasteiger partial charge in [-0.1, -0.05) is 12.1 Å². The van der Waals surface area contributed by atoms with Gasteiger partial charge in [0.1, 0.15) is 17.5 Å². The van der Waals surface area contributed by atoms with Crippen LogP contribution >= 0.6 is 7.82 Å². The van der Waals surface area contributed by atoms with Crippen LogP contribution in [0.2, 0.25) is 0 Å². The Balaban J connectivity index is 2.10. The van der Waals surface area contributed by atoms with Gasteiger partial charge < -0.3 is 19.8 Å². The summed E-state index contributed by atoms with van der Waals surface area (Å²) in [5.41, 5.74) is 1.71. The van der Waals surface area contributed by atoms with Crippen molar-refractivity contribution in [3.05, 3.63) is 52.8 Å². The van der Waals surface area contributed by atoms with Crippen LogP contribution in [-0.2, 0) is 28.9 Å². The minimum absolute atomic E-state index is 0.00144. The number of aromatic nitrogens is 1. The van der Waals surface area contributed by atoms with Crippen LogP contribution in [0.25, 0.3) is 0 Å². The van der Waals surface area contributed by atoms with Gasteiger partial charge in [-0.25, -0.2) is 4.57 Å². The normalized spacial score (nSPS) is 12.6. The van der Waals surface area contributed by atoms with Crippen molar-refractivity contribution >= 4 is 13.8 Å². The third-order valence-corrected chi connectivity index (χ3v) is 4.46. The molecule has 0 spiro atoms. The van der Waals surface area contributed by atoms with Gasteiger partial charge in [0.15, 0.2) is 0 Å². The standard InChI is InChI=1S/C17H21N2O8P/c1-10-16(21)14(12(9-20)7-18-10)8-19-15(17(22)23)6-11-2-4-13(5-3-11)27-28(24,25)26/h2-5,7,15,19-21H,6,8-9H2,1H3,(H,22,23)(H2,24,25,26)/t15-/m0/s1. The van der Waals surface area contributed by atoms with E-state index in [1.165, 1.54) is 30.5 Å². The van der Waals surface area contributed by atoms with E-state index in [2.05, 4.69) is 14.8 Å². The SMILES string of the molecule is Cc1ncc(CO)c(CN[C@@H](Cc2ccc(OP(=O)(O)O)cc2)C(=O)O)c1O. The first-order valence-corrected chi connectivity index (χ1v) is 9.71. The number of hydrogen-bond acceptors (Lipinski definition) is 7. The number of pyridine rings is 1. The third-order valence-electron chi connectivity index (χ3n) is 4.01. The number of aliphatic hydroxyl groups excluding tert-OH is 1. The Bertz CT molecular complexity index is 881. The fourth-order valence-corrected chi connectivity index (χ4v) is 2.95. The van der Waals surface area contributed by atoms with Crippen LogP contribution in [0.5, 0.6) is 11.5 Å². The molecule has 0 bridgehead atoms. The zero-order valence-electron chi connectivity index (χ0n) is 14.9. The molecule has 6 N–H and O–H groups in total. The molecule has 2 rings (SSSR count). The van der Waals surface area contributed by atoms with Crippen molar-refractivity contribution in [3.8, 4) is 11.5 Å². The molecule has 0 aliphatic heterocycles. The molecule has 0 amide bonds. The lowest BCUT2D eigenvalue weighted by Gasteiger charge is -2.17. The van der Waals surface area contributed by atoms with E-state index in [1.54, 1.807) is 6.92 Å². The van der Waals surface area contributed by atoms with E-state index in [4.69, 9.17) is 9.79 Å². The number of aromatic hydroxyl groups is 1. The summed E-state index contributed by atoms with van der Waals surface area (Å²) in [5, 5.41) is 31.8. The molecule has 0 saturated carbocycles. The van der Waals surface area contributed by atoms with Crippen LogP contribution in [0.3, 0.4) is 0 Å². The molecule has 28 heavy (non-hydrogen) atoms. The quantitative estimate of drug-likeness (QED) is 0.325. The largest absolute Gasteiger partial charge is 0.524 e. The molecule has 2 aromatic rings. The lowest BCUT2D eigenvalue weighted by molar-refractivity contribution is -0.139. The predicted octanol–water partition coefficient (Wildman–Crippen LogP) is 0.845. The number of carboxylic acid groups (broad SMARTS) is 1. The molecule has 0 saturated heterocycles. The molecule has 0 aliphatic carbocycles. The number of carboxylic acids is 1. The number of carbonyl (C=O) groups is 1. The summed E-state index contributed by atoms with van der Waals surface area (Å²) in [6.45, 7) is 1.24. The second-order valence-electron chi connectivity index (χ2n) is 6.06. The van der Waals surface area contributed by atoms with Crippen molar-refractivity contribution in [3.63, 3.8) is 0 Å². The van der Waals surface area contributed by atoms with Crippen molar-refractivity contribution in [2.45, 2.75) is 32.5 Å². The van der Waals surface area contributed by atoms with E-state index in [1.807, 2.05) is 0 Å². The van der Waals surface area contributed by atoms with Gasteiger partial charge in [0.2, 0.25) is 0 Å². The van der Waals surface area contributed by atoms with E-state index in [0.717, 1.165) is 0 Å². The molecule has 0 unspecified atom stereocenters. The topological polar surface area (TPSA) is 169 Å². The first kappa shape index (κ1) is 21.8. The van der Waals surface area contributed by atoms with Crippen LogP contribution in [0.15, 0.2) is 30.5 Å². The molecule has 1 aromatic carbocycles. The van der Waals surface area contributed by atoms with Gasteiger partial charge in [0.25, 0.3) is 0 Å². The first-order chi connectivity index (χ1) is 13.1. The number of benzene rings is 1. The van der Waals surface area contributed by atoms with Crippen molar-refractivity contribution in [2.24, 2.45) is 0 Å². The monoisotopic (exact) mass is 412 g/mol. The number of phosphoric acid groups is 1. The Hall–Kier alpha value is -2.49. The minimum Gasteiger partial charge on any atom is -0.506 e. The van der Waals surface area contributed by atoms with Gasteiger partial charge in [-0.15, -0.1) is 0 Å². The van der Waals surface area contributed by atoms with Gasteiger partial charge >= 0.3 is 13.8 Å². The van der Waals surface area contributed by atoms with E-state index in [9.17, 15) is 24.7 Å². The molecule has 0 radical (unpaired) electrons. The summed E-state index contributed by atoms with van der Waals surface area (Å²) in [6, 6.07) is 4.64. The summed E-state index contributed by atoms with van der Waals surface area (Å²) >= 11 is 0. The number of rotatable bonds is 9. The first-order valence-electron chi connectivity index (χ1n) is 8.18. The summed E-state index contributed by atoms with van der Waals surface area (Å²) in [7, 11) is -4.66. The average Bonchev–Trinajstić information content (AvgIpc) is 2.61. The number of aliphatic carboxylic acids is 1. The number of aliphatic hydroxyl groups is 1. The highest BCUT2D eigenvalue weighted by Crippen LogP contribution is 2.37.